The van der Waals surface area contributed by atoms with E-state index in [2.05, 4.69) is 27.8 Å². The first-order chi connectivity index (χ1) is 12.4. The summed E-state index contributed by atoms with van der Waals surface area (Å²) in [6.45, 7) is 3.39. The molecular weight excluding hydrogens is 358 g/mol. The van der Waals surface area contributed by atoms with Gasteiger partial charge in [-0.25, -0.2) is 0 Å². The Labute approximate surface area is 154 Å². The number of rotatable bonds is 8. The van der Waals surface area contributed by atoms with Crippen molar-refractivity contribution in [2.75, 3.05) is 11.9 Å². The van der Waals surface area contributed by atoms with Gasteiger partial charge < -0.3 is 5.32 Å². The van der Waals surface area contributed by atoms with Crippen molar-refractivity contribution in [3.8, 4) is 0 Å². The number of hydrogen-bond donors (Lipinski definition) is 2. The molecule has 2 N–H and O–H groups in total. The molecule has 0 fully saturated rings. The largest absolute Gasteiger partial charge is 0.343 e. The predicted octanol–water partition coefficient (Wildman–Crippen LogP) is 2.47. The number of hydrogen-bond acceptors (Lipinski definition) is 7. The van der Waals surface area contributed by atoms with Crippen LogP contribution in [0.2, 0.25) is 0 Å². The minimum absolute atomic E-state index is 0.118. The molecule has 10 heteroatoms. The number of unbranched alkanes of at least 4 members (excludes halogenated alkanes) is 1. The molecule has 9 nitrogen and oxygen atoms in total. The normalized spacial score (nSPS) is 10.4. The second-order valence-electron chi connectivity index (χ2n) is 5.59. The molecule has 138 valence electrons. The number of nitro groups is 1. The average Bonchev–Trinajstić information content (AvgIpc) is 3.05. The van der Waals surface area contributed by atoms with Gasteiger partial charge in [0.15, 0.2) is 0 Å². The number of nitrogens with zero attached hydrogens (tertiary/aromatic N) is 3. The smallest absolute Gasteiger partial charge is 0.273 e. The Balaban J connectivity index is 1.89. The van der Waals surface area contributed by atoms with Crippen LogP contribution in [0.3, 0.4) is 0 Å². The van der Waals surface area contributed by atoms with E-state index in [1.54, 1.807) is 6.92 Å². The van der Waals surface area contributed by atoms with E-state index < -0.39 is 16.7 Å². The van der Waals surface area contributed by atoms with Gasteiger partial charge in [-0.15, -0.1) is 10.2 Å². The van der Waals surface area contributed by atoms with Crippen LogP contribution in [0.5, 0.6) is 0 Å². The Bertz CT molecular complexity index is 821. The van der Waals surface area contributed by atoms with E-state index in [1.165, 1.54) is 29.5 Å². The molecule has 0 atom stereocenters. The highest BCUT2D eigenvalue weighted by Gasteiger charge is 2.16. The summed E-state index contributed by atoms with van der Waals surface area (Å²) in [5.41, 5.74) is 0.433. The van der Waals surface area contributed by atoms with Crippen molar-refractivity contribution < 1.29 is 14.5 Å². The fourth-order valence-electron chi connectivity index (χ4n) is 2.11. The van der Waals surface area contributed by atoms with Crippen molar-refractivity contribution in [3.05, 3.63) is 44.4 Å². The lowest BCUT2D eigenvalue weighted by molar-refractivity contribution is -0.385. The summed E-state index contributed by atoms with van der Waals surface area (Å²) in [4.78, 5) is 34.4. The first-order valence-corrected chi connectivity index (χ1v) is 8.87. The van der Waals surface area contributed by atoms with Crippen molar-refractivity contribution in [2.45, 2.75) is 33.1 Å². The second-order valence-corrected chi connectivity index (χ2v) is 6.66. The van der Waals surface area contributed by atoms with E-state index in [0.29, 0.717) is 10.7 Å². The van der Waals surface area contributed by atoms with Crippen LogP contribution in [0, 0.1) is 17.0 Å². The lowest BCUT2D eigenvalue weighted by atomic mass is 10.1. The van der Waals surface area contributed by atoms with Gasteiger partial charge in [0, 0.05) is 23.6 Å². The lowest BCUT2D eigenvalue weighted by Gasteiger charge is -2.05. The first-order valence-electron chi connectivity index (χ1n) is 8.06. The molecule has 0 aliphatic heterocycles. The van der Waals surface area contributed by atoms with Crippen LogP contribution in [0.15, 0.2) is 18.2 Å². The first kappa shape index (κ1) is 19.4. The molecule has 2 amide bonds. The Morgan fingerprint density at radius 1 is 1.31 bits per heavy atom. The number of amides is 2. The van der Waals surface area contributed by atoms with Gasteiger partial charge in [0.25, 0.3) is 11.6 Å². The Morgan fingerprint density at radius 2 is 2.08 bits per heavy atom. The van der Waals surface area contributed by atoms with E-state index in [1.807, 2.05) is 0 Å². The third kappa shape index (κ3) is 5.31. The van der Waals surface area contributed by atoms with Gasteiger partial charge in [-0.05, 0) is 19.4 Å². The van der Waals surface area contributed by atoms with E-state index in [9.17, 15) is 19.7 Å². The zero-order chi connectivity index (χ0) is 19.1. The number of anilines is 1. The summed E-state index contributed by atoms with van der Waals surface area (Å²) >= 11 is 1.30. The van der Waals surface area contributed by atoms with Crippen LogP contribution in [0.1, 0.15) is 40.7 Å². The topological polar surface area (TPSA) is 127 Å². The standard InChI is InChI=1S/C16H19N5O4S/c1-3-4-5-14-19-20-16(26-14)18-13(22)9-17-15(23)11-7-6-10(2)12(8-11)21(24)25/h6-8H,3-5,9H2,1-2H3,(H,17,23)(H,18,20,22). The predicted molar refractivity (Wildman–Crippen MR) is 97.3 cm³/mol. The summed E-state index contributed by atoms with van der Waals surface area (Å²) in [5, 5.41) is 25.0. The molecule has 1 heterocycles. The molecule has 0 unspecified atom stereocenters. The van der Waals surface area contributed by atoms with Crippen molar-refractivity contribution in [3.63, 3.8) is 0 Å². The number of aryl methyl sites for hydroxylation is 2. The van der Waals surface area contributed by atoms with Crippen LogP contribution >= 0.6 is 11.3 Å². The van der Waals surface area contributed by atoms with Crippen molar-refractivity contribution in [1.29, 1.82) is 0 Å². The number of benzene rings is 1. The maximum absolute atomic E-state index is 12.1. The number of carbonyl (C=O) groups is 2. The molecule has 0 radical (unpaired) electrons. The molecule has 0 aliphatic carbocycles. The SMILES string of the molecule is CCCCc1nnc(NC(=O)CNC(=O)c2ccc(C)c([N+](=O)[O-])c2)s1. The summed E-state index contributed by atoms with van der Waals surface area (Å²) in [6, 6.07) is 4.15. The molecule has 2 rings (SSSR count). The average molecular weight is 377 g/mol. The van der Waals surface area contributed by atoms with Gasteiger partial charge in [0.2, 0.25) is 11.0 Å². The van der Waals surface area contributed by atoms with Crippen molar-refractivity contribution in [1.82, 2.24) is 15.5 Å². The fraction of sp³-hybridized carbons (Fsp3) is 0.375. The Hall–Kier alpha value is -2.88. The number of aromatic nitrogens is 2. The molecule has 0 saturated carbocycles. The highest BCUT2D eigenvalue weighted by Crippen LogP contribution is 2.19. The molecular formula is C16H19N5O4S. The molecule has 0 saturated heterocycles. The number of carbonyl (C=O) groups excluding carboxylic acids is 2. The molecule has 26 heavy (non-hydrogen) atoms. The fourth-order valence-corrected chi connectivity index (χ4v) is 2.90. The minimum atomic E-state index is -0.566. The quantitative estimate of drug-likeness (QED) is 0.537. The van der Waals surface area contributed by atoms with E-state index in [4.69, 9.17) is 0 Å². The van der Waals surface area contributed by atoms with Crippen LogP contribution < -0.4 is 10.6 Å². The summed E-state index contributed by atoms with van der Waals surface area (Å²) < 4.78 is 0. The summed E-state index contributed by atoms with van der Waals surface area (Å²) in [7, 11) is 0. The van der Waals surface area contributed by atoms with Crippen LogP contribution in [-0.4, -0.2) is 33.5 Å². The third-order valence-electron chi connectivity index (χ3n) is 3.53. The molecule has 0 bridgehead atoms. The van der Waals surface area contributed by atoms with Crippen molar-refractivity contribution in [2.24, 2.45) is 0 Å². The Kier molecular flexibility index (Phi) is 6.73. The highest BCUT2D eigenvalue weighted by atomic mass is 32.1. The summed E-state index contributed by atoms with van der Waals surface area (Å²) in [6.07, 6.45) is 2.86. The maximum atomic E-state index is 12.1. The van der Waals surface area contributed by atoms with Gasteiger partial charge in [-0.3, -0.25) is 25.0 Å². The molecule has 0 aliphatic rings. The Morgan fingerprint density at radius 3 is 2.77 bits per heavy atom. The number of nitro benzene ring substituents is 1. The van der Waals surface area contributed by atoms with Gasteiger partial charge in [-0.2, -0.15) is 0 Å². The molecule has 1 aromatic heterocycles. The van der Waals surface area contributed by atoms with Gasteiger partial charge >= 0.3 is 0 Å². The molecule has 1 aromatic carbocycles. The zero-order valence-electron chi connectivity index (χ0n) is 14.4. The number of nitrogens with one attached hydrogen (secondary N) is 2. The third-order valence-corrected chi connectivity index (χ3v) is 4.43. The van der Waals surface area contributed by atoms with E-state index >= 15 is 0 Å². The molecule has 2 aromatic rings. The monoisotopic (exact) mass is 377 g/mol. The van der Waals surface area contributed by atoms with E-state index in [-0.39, 0.29) is 17.8 Å². The maximum Gasteiger partial charge on any atom is 0.273 e. The summed E-state index contributed by atoms with van der Waals surface area (Å²) in [5.74, 6) is -1.01. The van der Waals surface area contributed by atoms with Crippen LogP contribution in [-0.2, 0) is 11.2 Å². The van der Waals surface area contributed by atoms with Gasteiger partial charge in [0.05, 0.1) is 11.5 Å². The van der Waals surface area contributed by atoms with Crippen molar-refractivity contribution >= 4 is 34.0 Å². The van der Waals surface area contributed by atoms with Crippen LogP contribution in [0.4, 0.5) is 10.8 Å². The lowest BCUT2D eigenvalue weighted by Crippen LogP contribution is -2.32. The molecule has 0 spiro atoms. The zero-order valence-corrected chi connectivity index (χ0v) is 15.3. The highest BCUT2D eigenvalue weighted by molar-refractivity contribution is 7.15. The van der Waals surface area contributed by atoms with Crippen LogP contribution in [0.25, 0.3) is 0 Å². The van der Waals surface area contributed by atoms with Gasteiger partial charge in [-0.1, -0.05) is 30.7 Å². The second kappa shape index (κ2) is 8.99. The minimum Gasteiger partial charge on any atom is -0.343 e. The van der Waals surface area contributed by atoms with Gasteiger partial charge in [0.1, 0.15) is 5.01 Å². The van der Waals surface area contributed by atoms with E-state index in [0.717, 1.165) is 24.3 Å².